The average Bonchev–Trinajstić information content (AvgIpc) is 2.68. The zero-order valence-corrected chi connectivity index (χ0v) is 13.3. The second-order valence-electron chi connectivity index (χ2n) is 4.51. The molecule has 0 aromatic carbocycles. The van der Waals surface area contributed by atoms with Crippen molar-refractivity contribution < 1.29 is 4.79 Å². The van der Waals surface area contributed by atoms with Crippen LogP contribution in [0.5, 0.6) is 0 Å². The maximum Gasteiger partial charge on any atom is 0.270 e. The van der Waals surface area contributed by atoms with Crippen molar-refractivity contribution in [2.75, 3.05) is 5.73 Å². The molecule has 2 heterocycles. The minimum atomic E-state index is -0.206. The van der Waals surface area contributed by atoms with Crippen LogP contribution in [0.4, 0.5) is 5.82 Å². The van der Waals surface area contributed by atoms with E-state index in [-0.39, 0.29) is 24.4 Å². The normalized spacial score (nSPS) is 11.6. The van der Waals surface area contributed by atoms with E-state index in [0.29, 0.717) is 11.5 Å². The molecule has 0 fully saturated rings. The van der Waals surface area contributed by atoms with Crippen LogP contribution in [0.1, 0.15) is 38.8 Å². The van der Waals surface area contributed by atoms with Gasteiger partial charge in [0.05, 0.1) is 6.04 Å². The quantitative estimate of drug-likeness (QED) is 0.914. The van der Waals surface area contributed by atoms with E-state index in [4.69, 9.17) is 5.73 Å². The molecule has 2 rings (SSSR count). The van der Waals surface area contributed by atoms with E-state index in [1.165, 1.54) is 9.75 Å². The van der Waals surface area contributed by atoms with Gasteiger partial charge in [-0.2, -0.15) is 0 Å². The third-order valence-electron chi connectivity index (χ3n) is 2.90. The summed E-state index contributed by atoms with van der Waals surface area (Å²) in [5.41, 5.74) is 7.07. The van der Waals surface area contributed by atoms with Crippen LogP contribution < -0.4 is 11.1 Å². The van der Waals surface area contributed by atoms with Gasteiger partial charge in [-0.15, -0.1) is 23.7 Å². The molecule has 6 heteroatoms. The Morgan fingerprint density at radius 2 is 2.10 bits per heavy atom. The van der Waals surface area contributed by atoms with Gasteiger partial charge in [-0.3, -0.25) is 4.79 Å². The molecule has 3 N–H and O–H groups in total. The maximum atomic E-state index is 12.1. The van der Waals surface area contributed by atoms with Gasteiger partial charge in [0, 0.05) is 9.75 Å². The first kappa shape index (κ1) is 16.5. The van der Waals surface area contributed by atoms with E-state index < -0.39 is 0 Å². The summed E-state index contributed by atoms with van der Waals surface area (Å²) in [6.45, 7) is 6.10. The molecular weight excluding hydrogens is 294 g/mol. The molecule has 108 valence electrons. The summed E-state index contributed by atoms with van der Waals surface area (Å²) < 4.78 is 0. The van der Waals surface area contributed by atoms with Crippen LogP contribution in [0.3, 0.4) is 0 Å². The van der Waals surface area contributed by atoms with Crippen molar-refractivity contribution in [3.63, 3.8) is 0 Å². The van der Waals surface area contributed by atoms with Gasteiger partial charge in [0.2, 0.25) is 0 Å². The maximum absolute atomic E-state index is 12.1. The number of aryl methyl sites for hydroxylation is 2. The Kier molecular flexibility index (Phi) is 5.53. The largest absolute Gasteiger partial charge is 0.384 e. The summed E-state index contributed by atoms with van der Waals surface area (Å²) in [6, 6.07) is 7.11. The summed E-state index contributed by atoms with van der Waals surface area (Å²) in [4.78, 5) is 18.6. The molecule has 1 unspecified atom stereocenters. The molecule has 0 aliphatic carbocycles. The van der Waals surface area contributed by atoms with E-state index in [9.17, 15) is 4.79 Å². The molecule has 0 aliphatic heterocycles. The number of carbonyl (C=O) groups is 1. The predicted molar refractivity (Wildman–Crippen MR) is 85.6 cm³/mol. The van der Waals surface area contributed by atoms with E-state index in [0.717, 1.165) is 5.56 Å². The molecule has 0 spiro atoms. The third-order valence-corrected chi connectivity index (χ3v) is 3.88. The lowest BCUT2D eigenvalue weighted by Gasteiger charge is -2.13. The molecule has 1 amide bonds. The van der Waals surface area contributed by atoms with Crippen LogP contribution in [0.25, 0.3) is 0 Å². The number of thiophene rings is 1. The Balaban J connectivity index is 0.00000200. The van der Waals surface area contributed by atoms with Gasteiger partial charge >= 0.3 is 0 Å². The highest BCUT2D eigenvalue weighted by atomic mass is 35.5. The van der Waals surface area contributed by atoms with Gasteiger partial charge in [0.15, 0.2) is 0 Å². The minimum absolute atomic E-state index is 0. The summed E-state index contributed by atoms with van der Waals surface area (Å²) in [5, 5.41) is 2.94. The molecule has 20 heavy (non-hydrogen) atoms. The van der Waals surface area contributed by atoms with Crippen molar-refractivity contribution in [2.45, 2.75) is 26.8 Å². The SMILES string of the molecule is Cc1cc(C(C)NC(=O)c2cccc(N)n2)c(C)s1.Cl. The van der Waals surface area contributed by atoms with Gasteiger partial charge in [0.1, 0.15) is 11.5 Å². The number of hydrogen-bond donors (Lipinski definition) is 2. The highest BCUT2D eigenvalue weighted by Crippen LogP contribution is 2.26. The van der Waals surface area contributed by atoms with Crippen molar-refractivity contribution in [1.29, 1.82) is 0 Å². The first-order valence-corrected chi connectivity index (χ1v) is 6.89. The van der Waals surface area contributed by atoms with Gasteiger partial charge in [-0.25, -0.2) is 4.98 Å². The molecule has 2 aromatic rings. The molecule has 0 saturated carbocycles. The molecule has 0 aliphatic rings. The molecule has 0 radical (unpaired) electrons. The molecule has 0 saturated heterocycles. The topological polar surface area (TPSA) is 68.0 Å². The second-order valence-corrected chi connectivity index (χ2v) is 5.97. The zero-order valence-electron chi connectivity index (χ0n) is 11.6. The van der Waals surface area contributed by atoms with E-state index in [2.05, 4.69) is 30.2 Å². The van der Waals surface area contributed by atoms with Crippen LogP contribution in [0, 0.1) is 13.8 Å². The van der Waals surface area contributed by atoms with E-state index >= 15 is 0 Å². The Labute approximate surface area is 128 Å². The van der Waals surface area contributed by atoms with Crippen molar-refractivity contribution in [2.24, 2.45) is 0 Å². The van der Waals surface area contributed by atoms with Crippen molar-refractivity contribution in [1.82, 2.24) is 10.3 Å². The number of nitrogens with one attached hydrogen (secondary N) is 1. The summed E-state index contributed by atoms with van der Waals surface area (Å²) >= 11 is 1.74. The number of amides is 1. The Morgan fingerprint density at radius 3 is 2.65 bits per heavy atom. The number of carbonyl (C=O) groups excluding carboxylic acids is 1. The number of anilines is 1. The van der Waals surface area contributed by atoms with Gasteiger partial charge in [0.25, 0.3) is 5.91 Å². The Bertz CT molecular complexity index is 612. The number of aromatic nitrogens is 1. The third kappa shape index (κ3) is 3.71. The number of rotatable bonds is 3. The lowest BCUT2D eigenvalue weighted by Crippen LogP contribution is -2.27. The molecule has 2 aromatic heterocycles. The number of pyridine rings is 1. The molecular formula is C14H18ClN3OS. The monoisotopic (exact) mass is 311 g/mol. The van der Waals surface area contributed by atoms with E-state index in [1.807, 2.05) is 6.92 Å². The lowest BCUT2D eigenvalue weighted by atomic mass is 10.1. The second kappa shape index (κ2) is 6.72. The van der Waals surface area contributed by atoms with Gasteiger partial charge in [-0.1, -0.05) is 6.07 Å². The van der Waals surface area contributed by atoms with Crippen LogP contribution in [0.2, 0.25) is 0 Å². The fraction of sp³-hybridized carbons (Fsp3) is 0.286. The van der Waals surface area contributed by atoms with Crippen molar-refractivity contribution in [3.8, 4) is 0 Å². The summed E-state index contributed by atoms with van der Waals surface area (Å²) in [6.07, 6.45) is 0. The van der Waals surface area contributed by atoms with Crippen LogP contribution in [-0.4, -0.2) is 10.9 Å². The number of nitrogens with zero attached hydrogens (tertiary/aromatic N) is 1. The zero-order chi connectivity index (χ0) is 14.0. The molecule has 1 atom stereocenters. The number of nitrogen functional groups attached to an aromatic ring is 1. The highest BCUT2D eigenvalue weighted by Gasteiger charge is 2.15. The number of nitrogens with two attached hydrogens (primary N) is 1. The van der Waals surface area contributed by atoms with Crippen LogP contribution in [0.15, 0.2) is 24.3 Å². The van der Waals surface area contributed by atoms with Gasteiger partial charge < -0.3 is 11.1 Å². The minimum Gasteiger partial charge on any atom is -0.384 e. The van der Waals surface area contributed by atoms with Crippen molar-refractivity contribution >= 4 is 35.5 Å². The van der Waals surface area contributed by atoms with Crippen LogP contribution >= 0.6 is 23.7 Å². The standard InChI is InChI=1S/C14H17N3OS.ClH/c1-8-7-11(10(3)19-8)9(2)16-14(18)12-5-4-6-13(15)17-12;/h4-7,9H,1-3H3,(H2,15,17)(H,16,18);1H. The van der Waals surface area contributed by atoms with E-state index in [1.54, 1.807) is 29.5 Å². The molecule has 0 bridgehead atoms. The average molecular weight is 312 g/mol. The lowest BCUT2D eigenvalue weighted by molar-refractivity contribution is 0.0935. The number of halogens is 1. The highest BCUT2D eigenvalue weighted by molar-refractivity contribution is 7.12. The first-order chi connectivity index (χ1) is 8.97. The smallest absolute Gasteiger partial charge is 0.270 e. The summed E-state index contributed by atoms with van der Waals surface area (Å²) in [7, 11) is 0. The number of hydrogen-bond acceptors (Lipinski definition) is 4. The summed E-state index contributed by atoms with van der Waals surface area (Å²) in [5.74, 6) is 0.144. The fourth-order valence-electron chi connectivity index (χ4n) is 2.01. The first-order valence-electron chi connectivity index (χ1n) is 6.07. The fourth-order valence-corrected chi connectivity index (χ4v) is 3.03. The van der Waals surface area contributed by atoms with Crippen molar-refractivity contribution in [3.05, 3.63) is 45.3 Å². The van der Waals surface area contributed by atoms with Gasteiger partial charge in [-0.05, 0) is 44.5 Å². The van der Waals surface area contributed by atoms with Crippen LogP contribution in [-0.2, 0) is 0 Å². The predicted octanol–water partition coefficient (Wildman–Crippen LogP) is 3.25. The Hall–Kier alpha value is -1.59. The molecule has 4 nitrogen and oxygen atoms in total. The Morgan fingerprint density at radius 1 is 1.40 bits per heavy atom.